The lowest BCUT2D eigenvalue weighted by Gasteiger charge is -2.12. The van der Waals surface area contributed by atoms with Gasteiger partial charge in [0.25, 0.3) is 11.8 Å². The molecule has 3 amide bonds. The van der Waals surface area contributed by atoms with E-state index in [0.29, 0.717) is 35.8 Å². The first kappa shape index (κ1) is 21.7. The Hall–Kier alpha value is -3.55. The number of amides is 3. The van der Waals surface area contributed by atoms with Gasteiger partial charge in [0.2, 0.25) is 5.91 Å². The average molecular weight is 399 g/mol. The molecule has 0 aliphatic carbocycles. The van der Waals surface area contributed by atoms with Crippen molar-refractivity contribution < 1.29 is 23.9 Å². The SMILES string of the molecule is CCCOc1ccc(C(=O)NNC(=O)c2ccc(CNC(C)=O)cc2)cc1OC. The number of nitrogens with one attached hydrogen (secondary N) is 3. The van der Waals surface area contributed by atoms with Crippen LogP contribution >= 0.6 is 0 Å². The molecule has 0 saturated carbocycles. The Balaban J connectivity index is 1.94. The van der Waals surface area contributed by atoms with Crippen LogP contribution in [0.4, 0.5) is 0 Å². The highest BCUT2D eigenvalue weighted by Gasteiger charge is 2.13. The maximum Gasteiger partial charge on any atom is 0.269 e. The molecule has 8 heteroatoms. The average Bonchev–Trinajstić information content (AvgIpc) is 2.74. The number of benzene rings is 2. The highest BCUT2D eigenvalue weighted by Crippen LogP contribution is 2.28. The Bertz CT molecular complexity index is 865. The van der Waals surface area contributed by atoms with E-state index in [9.17, 15) is 14.4 Å². The van der Waals surface area contributed by atoms with Crippen molar-refractivity contribution in [3.63, 3.8) is 0 Å². The van der Waals surface area contributed by atoms with Gasteiger partial charge in [0.15, 0.2) is 11.5 Å². The largest absolute Gasteiger partial charge is 0.493 e. The van der Waals surface area contributed by atoms with Crippen molar-refractivity contribution in [1.82, 2.24) is 16.2 Å². The molecule has 8 nitrogen and oxygen atoms in total. The van der Waals surface area contributed by atoms with Crippen molar-refractivity contribution in [3.8, 4) is 11.5 Å². The number of methoxy groups -OCH3 is 1. The van der Waals surface area contributed by atoms with Gasteiger partial charge in [-0.25, -0.2) is 0 Å². The molecule has 0 aliphatic heterocycles. The van der Waals surface area contributed by atoms with Crippen molar-refractivity contribution in [1.29, 1.82) is 0 Å². The Morgan fingerprint density at radius 3 is 2.10 bits per heavy atom. The van der Waals surface area contributed by atoms with Crippen molar-refractivity contribution in [3.05, 3.63) is 59.2 Å². The van der Waals surface area contributed by atoms with Crippen LogP contribution in [0.3, 0.4) is 0 Å². The first-order chi connectivity index (χ1) is 13.9. The summed E-state index contributed by atoms with van der Waals surface area (Å²) in [5.74, 6) is -0.0853. The Morgan fingerprint density at radius 2 is 1.52 bits per heavy atom. The summed E-state index contributed by atoms with van der Waals surface area (Å²) in [6.45, 7) is 4.36. The minimum absolute atomic E-state index is 0.129. The van der Waals surface area contributed by atoms with E-state index in [2.05, 4.69) is 16.2 Å². The second-order valence-electron chi connectivity index (χ2n) is 6.23. The van der Waals surface area contributed by atoms with E-state index in [-0.39, 0.29) is 5.91 Å². The molecule has 0 aromatic heterocycles. The summed E-state index contributed by atoms with van der Waals surface area (Å²) < 4.78 is 10.8. The summed E-state index contributed by atoms with van der Waals surface area (Å²) >= 11 is 0. The summed E-state index contributed by atoms with van der Waals surface area (Å²) in [6.07, 6.45) is 0.853. The molecule has 0 bridgehead atoms. The first-order valence-electron chi connectivity index (χ1n) is 9.19. The topological polar surface area (TPSA) is 106 Å². The zero-order chi connectivity index (χ0) is 21.2. The van der Waals surface area contributed by atoms with E-state index in [1.165, 1.54) is 14.0 Å². The van der Waals surface area contributed by atoms with Crippen molar-refractivity contribution >= 4 is 17.7 Å². The van der Waals surface area contributed by atoms with Crippen LogP contribution in [-0.4, -0.2) is 31.4 Å². The molecule has 0 heterocycles. The molecule has 0 saturated heterocycles. The molecular formula is C21H25N3O5. The van der Waals surface area contributed by atoms with Gasteiger partial charge in [0.1, 0.15) is 0 Å². The minimum atomic E-state index is -0.485. The van der Waals surface area contributed by atoms with E-state index >= 15 is 0 Å². The van der Waals surface area contributed by atoms with Gasteiger partial charge in [-0.1, -0.05) is 19.1 Å². The number of carbonyl (C=O) groups excluding carboxylic acids is 3. The van der Waals surface area contributed by atoms with Gasteiger partial charge in [-0.05, 0) is 42.3 Å². The monoisotopic (exact) mass is 399 g/mol. The van der Waals surface area contributed by atoms with Crippen LogP contribution in [0.5, 0.6) is 11.5 Å². The molecule has 2 aromatic carbocycles. The van der Waals surface area contributed by atoms with Gasteiger partial charge in [0, 0.05) is 24.6 Å². The van der Waals surface area contributed by atoms with E-state index in [4.69, 9.17) is 9.47 Å². The van der Waals surface area contributed by atoms with Gasteiger partial charge < -0.3 is 14.8 Å². The quantitative estimate of drug-likeness (QED) is 0.590. The number of hydrogen-bond acceptors (Lipinski definition) is 5. The molecular weight excluding hydrogens is 374 g/mol. The Morgan fingerprint density at radius 1 is 0.897 bits per heavy atom. The molecule has 0 fully saturated rings. The molecule has 2 rings (SSSR count). The maximum absolute atomic E-state index is 12.3. The number of carbonyl (C=O) groups is 3. The lowest BCUT2D eigenvalue weighted by atomic mass is 10.1. The molecule has 0 atom stereocenters. The molecule has 154 valence electrons. The van der Waals surface area contributed by atoms with E-state index in [0.717, 1.165) is 12.0 Å². The second kappa shape index (κ2) is 10.7. The fourth-order valence-electron chi connectivity index (χ4n) is 2.40. The van der Waals surface area contributed by atoms with Crippen molar-refractivity contribution in [2.45, 2.75) is 26.8 Å². The van der Waals surface area contributed by atoms with Gasteiger partial charge in [-0.2, -0.15) is 0 Å². The van der Waals surface area contributed by atoms with Crippen LogP contribution in [-0.2, 0) is 11.3 Å². The smallest absolute Gasteiger partial charge is 0.269 e. The predicted octanol–water partition coefficient (Wildman–Crippen LogP) is 2.19. The van der Waals surface area contributed by atoms with Crippen molar-refractivity contribution in [2.24, 2.45) is 0 Å². The van der Waals surface area contributed by atoms with Crippen LogP contribution in [0.15, 0.2) is 42.5 Å². The van der Waals surface area contributed by atoms with E-state index < -0.39 is 11.8 Å². The Kier molecular flexibility index (Phi) is 8.02. The van der Waals surface area contributed by atoms with Gasteiger partial charge >= 0.3 is 0 Å². The maximum atomic E-state index is 12.3. The van der Waals surface area contributed by atoms with E-state index in [1.807, 2.05) is 6.92 Å². The number of rotatable bonds is 8. The second-order valence-corrected chi connectivity index (χ2v) is 6.23. The summed E-state index contributed by atoms with van der Waals surface area (Å²) in [5, 5.41) is 2.68. The van der Waals surface area contributed by atoms with E-state index in [1.54, 1.807) is 42.5 Å². The third kappa shape index (κ3) is 6.53. The standard InChI is InChI=1S/C21H25N3O5/c1-4-11-29-18-10-9-17(12-19(18)28-3)21(27)24-23-20(26)16-7-5-15(6-8-16)13-22-14(2)25/h5-10,12H,4,11,13H2,1-3H3,(H,22,25)(H,23,26)(H,24,27). The molecule has 29 heavy (non-hydrogen) atoms. The summed E-state index contributed by atoms with van der Waals surface area (Å²) in [6, 6.07) is 11.5. The van der Waals surface area contributed by atoms with Gasteiger partial charge in [-0.3, -0.25) is 25.2 Å². The first-order valence-corrected chi connectivity index (χ1v) is 9.19. The summed E-state index contributed by atoms with van der Waals surface area (Å²) in [4.78, 5) is 35.5. The molecule has 0 spiro atoms. The highest BCUT2D eigenvalue weighted by molar-refractivity contribution is 5.99. The van der Waals surface area contributed by atoms with Gasteiger partial charge in [0.05, 0.1) is 13.7 Å². The molecule has 3 N–H and O–H groups in total. The third-order valence-electron chi connectivity index (χ3n) is 3.93. The molecule has 0 radical (unpaired) electrons. The van der Waals surface area contributed by atoms with Crippen LogP contribution in [0.2, 0.25) is 0 Å². The van der Waals surface area contributed by atoms with Crippen molar-refractivity contribution in [2.75, 3.05) is 13.7 Å². The zero-order valence-corrected chi connectivity index (χ0v) is 16.7. The fraction of sp³-hybridized carbons (Fsp3) is 0.286. The van der Waals surface area contributed by atoms with Crippen LogP contribution in [0, 0.1) is 0 Å². The van der Waals surface area contributed by atoms with Crippen LogP contribution < -0.4 is 25.6 Å². The molecule has 2 aromatic rings. The number of hydrazine groups is 1. The van der Waals surface area contributed by atoms with Gasteiger partial charge in [-0.15, -0.1) is 0 Å². The highest BCUT2D eigenvalue weighted by atomic mass is 16.5. The summed E-state index contributed by atoms with van der Waals surface area (Å²) in [5.41, 5.74) is 6.30. The molecule has 0 aliphatic rings. The van der Waals surface area contributed by atoms with Crippen LogP contribution in [0.25, 0.3) is 0 Å². The normalized spacial score (nSPS) is 10.0. The van der Waals surface area contributed by atoms with Crippen LogP contribution in [0.1, 0.15) is 46.5 Å². The molecule has 0 unspecified atom stereocenters. The minimum Gasteiger partial charge on any atom is -0.493 e. The lowest BCUT2D eigenvalue weighted by Crippen LogP contribution is -2.41. The zero-order valence-electron chi connectivity index (χ0n) is 16.7. The Labute approximate surface area is 169 Å². The lowest BCUT2D eigenvalue weighted by molar-refractivity contribution is -0.119. The number of hydrogen-bond donors (Lipinski definition) is 3. The summed E-state index contributed by atoms with van der Waals surface area (Å²) in [7, 11) is 1.49. The number of ether oxygens (including phenoxy) is 2. The third-order valence-corrected chi connectivity index (χ3v) is 3.93. The fourth-order valence-corrected chi connectivity index (χ4v) is 2.40. The predicted molar refractivity (Wildman–Crippen MR) is 108 cm³/mol.